The van der Waals surface area contributed by atoms with Gasteiger partial charge in [-0.3, -0.25) is 0 Å². The predicted molar refractivity (Wildman–Crippen MR) is 83.6 cm³/mol. The molecule has 0 bridgehead atoms. The second kappa shape index (κ2) is 6.19. The van der Waals surface area contributed by atoms with Crippen LogP contribution in [0, 0.1) is 0 Å². The zero-order valence-electron chi connectivity index (χ0n) is 10.0. The molecule has 0 radical (unpaired) electrons. The van der Waals surface area contributed by atoms with E-state index in [1.54, 1.807) is 18.4 Å². The van der Waals surface area contributed by atoms with Crippen LogP contribution in [0.4, 0.5) is 0 Å². The van der Waals surface area contributed by atoms with Gasteiger partial charge in [0, 0.05) is 9.35 Å². The minimum atomic E-state index is 0.182. The number of halogens is 2. The van der Waals surface area contributed by atoms with Gasteiger partial charge in [0.15, 0.2) is 0 Å². The van der Waals surface area contributed by atoms with Crippen molar-refractivity contribution in [3.63, 3.8) is 0 Å². The molecule has 1 unspecified atom stereocenters. The highest BCUT2D eigenvalue weighted by molar-refractivity contribution is 9.10. The molecule has 18 heavy (non-hydrogen) atoms. The van der Waals surface area contributed by atoms with E-state index in [9.17, 15) is 0 Å². The molecule has 1 N–H and O–H groups in total. The quantitative estimate of drug-likeness (QED) is 0.824. The average Bonchev–Trinajstić information content (AvgIpc) is 2.77. The number of rotatable bonds is 4. The van der Waals surface area contributed by atoms with Crippen molar-refractivity contribution in [1.82, 2.24) is 5.32 Å². The van der Waals surface area contributed by atoms with Crippen LogP contribution < -0.4 is 10.1 Å². The normalized spacial score (nSPS) is 12.4. The summed E-state index contributed by atoms with van der Waals surface area (Å²) in [5, 5.41) is 5.43. The first-order chi connectivity index (χ1) is 8.67. The highest BCUT2D eigenvalue weighted by atomic mass is 79.9. The summed E-state index contributed by atoms with van der Waals surface area (Å²) in [6.07, 6.45) is 0. The van der Waals surface area contributed by atoms with Crippen molar-refractivity contribution in [3.8, 4) is 5.75 Å². The van der Waals surface area contributed by atoms with Gasteiger partial charge >= 0.3 is 0 Å². The zero-order chi connectivity index (χ0) is 13.1. The van der Waals surface area contributed by atoms with Gasteiger partial charge in [0.25, 0.3) is 0 Å². The SMILES string of the molecule is CNC(c1ccc(OC)c(Br)c1)c1sccc1Br. The van der Waals surface area contributed by atoms with Gasteiger partial charge in [-0.2, -0.15) is 0 Å². The maximum absolute atomic E-state index is 5.25. The van der Waals surface area contributed by atoms with Crippen LogP contribution in [0.5, 0.6) is 5.75 Å². The number of ether oxygens (including phenoxy) is 1. The van der Waals surface area contributed by atoms with Crippen LogP contribution in [0.15, 0.2) is 38.6 Å². The van der Waals surface area contributed by atoms with E-state index < -0.39 is 0 Å². The van der Waals surface area contributed by atoms with Crippen molar-refractivity contribution in [1.29, 1.82) is 0 Å². The molecule has 2 nitrogen and oxygen atoms in total. The molecule has 5 heteroatoms. The van der Waals surface area contributed by atoms with Gasteiger partial charge in [0.05, 0.1) is 17.6 Å². The average molecular weight is 391 g/mol. The molecule has 2 rings (SSSR count). The van der Waals surface area contributed by atoms with Gasteiger partial charge in [0.2, 0.25) is 0 Å². The van der Waals surface area contributed by atoms with E-state index in [1.165, 1.54) is 10.4 Å². The van der Waals surface area contributed by atoms with Gasteiger partial charge in [-0.25, -0.2) is 0 Å². The van der Waals surface area contributed by atoms with Crippen molar-refractivity contribution in [2.75, 3.05) is 14.2 Å². The van der Waals surface area contributed by atoms with E-state index in [1.807, 2.05) is 13.1 Å². The summed E-state index contributed by atoms with van der Waals surface area (Å²) in [5.74, 6) is 0.846. The van der Waals surface area contributed by atoms with Crippen LogP contribution in [0.3, 0.4) is 0 Å². The lowest BCUT2D eigenvalue weighted by atomic mass is 10.1. The van der Waals surface area contributed by atoms with Crippen LogP contribution in [0.25, 0.3) is 0 Å². The smallest absolute Gasteiger partial charge is 0.133 e. The minimum Gasteiger partial charge on any atom is -0.496 e. The molecule has 1 heterocycles. The van der Waals surface area contributed by atoms with Crippen molar-refractivity contribution in [2.45, 2.75) is 6.04 Å². The third kappa shape index (κ3) is 2.79. The standard InChI is InChI=1S/C13H13Br2NOS/c1-16-12(13-9(14)5-6-18-13)8-3-4-11(17-2)10(15)7-8/h3-7,12,16H,1-2H3. The van der Waals surface area contributed by atoms with Crippen LogP contribution in [-0.4, -0.2) is 14.2 Å². The number of thiophene rings is 1. The Morgan fingerprint density at radius 1 is 1.22 bits per heavy atom. The topological polar surface area (TPSA) is 21.3 Å². The summed E-state index contributed by atoms with van der Waals surface area (Å²) in [6.45, 7) is 0. The van der Waals surface area contributed by atoms with Gasteiger partial charge in [-0.05, 0) is 68.1 Å². The van der Waals surface area contributed by atoms with E-state index in [0.29, 0.717) is 0 Å². The predicted octanol–water partition coefficient (Wildman–Crippen LogP) is 4.59. The van der Waals surface area contributed by atoms with Crippen LogP contribution in [0.2, 0.25) is 0 Å². The largest absolute Gasteiger partial charge is 0.496 e. The first kappa shape index (κ1) is 14.1. The van der Waals surface area contributed by atoms with E-state index in [0.717, 1.165) is 14.7 Å². The van der Waals surface area contributed by atoms with Crippen molar-refractivity contribution >= 4 is 43.2 Å². The molecule has 0 saturated carbocycles. The van der Waals surface area contributed by atoms with E-state index >= 15 is 0 Å². The molecule has 1 atom stereocenters. The third-order valence-electron chi connectivity index (χ3n) is 2.70. The summed E-state index contributed by atoms with van der Waals surface area (Å²) < 4.78 is 7.36. The lowest BCUT2D eigenvalue weighted by Crippen LogP contribution is -2.16. The summed E-state index contributed by atoms with van der Waals surface area (Å²) >= 11 is 8.85. The Hall–Kier alpha value is -0.360. The lowest BCUT2D eigenvalue weighted by Gasteiger charge is -2.17. The molecule has 1 aromatic carbocycles. The fourth-order valence-corrected chi connectivity index (χ4v) is 4.12. The Bertz CT molecular complexity index is 542. The van der Waals surface area contributed by atoms with Crippen molar-refractivity contribution < 1.29 is 4.74 Å². The van der Waals surface area contributed by atoms with Crippen molar-refractivity contribution in [2.24, 2.45) is 0 Å². The van der Waals surface area contributed by atoms with Crippen LogP contribution in [0.1, 0.15) is 16.5 Å². The highest BCUT2D eigenvalue weighted by Crippen LogP contribution is 2.35. The highest BCUT2D eigenvalue weighted by Gasteiger charge is 2.17. The van der Waals surface area contributed by atoms with E-state index in [4.69, 9.17) is 4.74 Å². The summed E-state index contributed by atoms with van der Waals surface area (Å²) in [5.41, 5.74) is 1.20. The molecule has 0 aliphatic heterocycles. The maximum atomic E-state index is 5.25. The second-order valence-electron chi connectivity index (χ2n) is 3.75. The molecule has 0 aliphatic rings. The third-order valence-corrected chi connectivity index (χ3v) is 5.26. The molecular weight excluding hydrogens is 378 g/mol. The Labute approximate surface area is 128 Å². The molecule has 0 fully saturated rings. The number of methoxy groups -OCH3 is 1. The molecule has 0 spiro atoms. The van der Waals surface area contributed by atoms with E-state index in [2.05, 4.69) is 60.8 Å². The van der Waals surface area contributed by atoms with Gasteiger partial charge in [-0.15, -0.1) is 11.3 Å². The molecule has 0 aliphatic carbocycles. The van der Waals surface area contributed by atoms with Crippen LogP contribution in [-0.2, 0) is 0 Å². The number of hydrogen-bond donors (Lipinski definition) is 1. The Kier molecular flexibility index (Phi) is 4.84. The summed E-state index contributed by atoms with van der Waals surface area (Å²) in [4.78, 5) is 1.27. The number of benzene rings is 1. The number of nitrogens with one attached hydrogen (secondary N) is 1. The number of hydrogen-bond acceptors (Lipinski definition) is 3. The van der Waals surface area contributed by atoms with Crippen LogP contribution >= 0.6 is 43.2 Å². The molecule has 1 aromatic heterocycles. The fraction of sp³-hybridized carbons (Fsp3) is 0.231. The molecule has 2 aromatic rings. The van der Waals surface area contributed by atoms with E-state index in [-0.39, 0.29) is 6.04 Å². The monoisotopic (exact) mass is 389 g/mol. The first-order valence-electron chi connectivity index (χ1n) is 5.41. The summed E-state index contributed by atoms with van der Waals surface area (Å²) in [6, 6.07) is 8.40. The maximum Gasteiger partial charge on any atom is 0.133 e. The Morgan fingerprint density at radius 3 is 2.50 bits per heavy atom. The summed E-state index contributed by atoms with van der Waals surface area (Å²) in [7, 11) is 3.64. The van der Waals surface area contributed by atoms with Gasteiger partial charge in [-0.1, -0.05) is 6.07 Å². The zero-order valence-corrected chi connectivity index (χ0v) is 14.0. The van der Waals surface area contributed by atoms with Crippen molar-refractivity contribution in [3.05, 3.63) is 49.0 Å². The molecule has 0 amide bonds. The van der Waals surface area contributed by atoms with Gasteiger partial charge < -0.3 is 10.1 Å². The Balaban J connectivity index is 2.40. The van der Waals surface area contributed by atoms with Gasteiger partial charge in [0.1, 0.15) is 5.75 Å². The molecule has 96 valence electrons. The minimum absolute atomic E-state index is 0.182. The second-order valence-corrected chi connectivity index (χ2v) is 6.40. The molecule has 0 saturated heterocycles. The first-order valence-corrected chi connectivity index (χ1v) is 7.87. The Morgan fingerprint density at radius 2 is 2.00 bits per heavy atom. The molecular formula is C13H13Br2NOS. The fourth-order valence-electron chi connectivity index (χ4n) is 1.82. The lowest BCUT2D eigenvalue weighted by molar-refractivity contribution is 0.412.